The molecular weight excluding hydrogens is 345 g/mol. The van der Waals surface area contributed by atoms with Crippen molar-refractivity contribution in [2.45, 2.75) is 6.18 Å². The molecule has 6 nitrogen and oxygen atoms in total. The van der Waals surface area contributed by atoms with Gasteiger partial charge in [-0.3, -0.25) is 0 Å². The van der Waals surface area contributed by atoms with Gasteiger partial charge in [0.1, 0.15) is 11.6 Å². The Morgan fingerprint density at radius 1 is 1.04 bits per heavy atom. The second kappa shape index (κ2) is 6.78. The minimum atomic E-state index is -4.56. The maximum Gasteiger partial charge on any atom is 0.433 e. The van der Waals surface area contributed by atoms with Gasteiger partial charge < -0.3 is 10.2 Å². The van der Waals surface area contributed by atoms with Gasteiger partial charge in [-0.05, 0) is 23.9 Å². The molecule has 24 heavy (non-hydrogen) atoms. The molecule has 0 radical (unpaired) electrons. The molecule has 10 heteroatoms. The lowest BCUT2D eigenvalue weighted by molar-refractivity contribution is -0.141. The molecule has 1 aliphatic heterocycles. The van der Waals surface area contributed by atoms with Crippen LogP contribution in [0.2, 0.25) is 0 Å². The Morgan fingerprint density at radius 2 is 1.79 bits per heavy atom. The summed E-state index contributed by atoms with van der Waals surface area (Å²) in [5, 5.41) is 2.78. The Balaban J connectivity index is 1.92. The molecule has 2 aromatic heterocycles. The van der Waals surface area contributed by atoms with E-state index < -0.39 is 11.9 Å². The van der Waals surface area contributed by atoms with E-state index in [0.717, 1.165) is 6.07 Å². The zero-order chi connectivity index (χ0) is 17.2. The Bertz CT molecular complexity index is 689. The van der Waals surface area contributed by atoms with Crippen molar-refractivity contribution in [1.82, 2.24) is 19.4 Å². The average molecular weight is 359 g/mol. The first-order valence-corrected chi connectivity index (χ1v) is 7.55. The van der Waals surface area contributed by atoms with E-state index in [9.17, 15) is 13.2 Å². The van der Waals surface area contributed by atoms with Gasteiger partial charge in [-0.15, -0.1) is 0 Å². The number of alkyl halides is 3. The van der Waals surface area contributed by atoms with Gasteiger partial charge in [-0.1, -0.05) is 6.07 Å². The first-order chi connectivity index (χ1) is 11.4. The molecule has 1 N–H and O–H groups in total. The van der Waals surface area contributed by atoms with Crippen molar-refractivity contribution in [2.75, 3.05) is 36.4 Å². The van der Waals surface area contributed by atoms with Crippen molar-refractivity contribution >= 4 is 29.4 Å². The first-order valence-electron chi connectivity index (χ1n) is 7.22. The summed E-state index contributed by atoms with van der Waals surface area (Å²) in [6, 6.07) is 5.95. The molecule has 1 fully saturated rings. The smallest absolute Gasteiger partial charge is 0.338 e. The van der Waals surface area contributed by atoms with Crippen molar-refractivity contribution < 1.29 is 13.2 Å². The molecule has 128 valence electrons. The van der Waals surface area contributed by atoms with Crippen LogP contribution in [-0.4, -0.2) is 45.5 Å². The molecule has 1 saturated heterocycles. The lowest BCUT2D eigenvalue weighted by Crippen LogP contribution is -2.43. The van der Waals surface area contributed by atoms with Crippen LogP contribution in [0.4, 0.5) is 30.8 Å². The second-order valence-electron chi connectivity index (χ2n) is 5.17. The summed E-state index contributed by atoms with van der Waals surface area (Å²) in [6.07, 6.45) is -3.03. The molecule has 0 atom stereocenters. The van der Waals surface area contributed by atoms with Crippen LogP contribution in [0.5, 0.6) is 0 Å². The van der Waals surface area contributed by atoms with Crippen LogP contribution in [0.25, 0.3) is 0 Å². The molecule has 3 rings (SSSR count). The summed E-state index contributed by atoms with van der Waals surface area (Å²) in [4.78, 5) is 13.6. The molecule has 0 spiro atoms. The third kappa shape index (κ3) is 4.04. The standard InChI is InChI=1S/C14H14ClF3N6/c15-24-7-5-23(6-8-24)13-20-10(14(16,17)18)9-12(22-13)21-11-3-1-2-4-19-11/h1-4,9H,5-8H2,(H,19,20,21,22). The summed E-state index contributed by atoms with van der Waals surface area (Å²) in [6.45, 7) is 1.94. The van der Waals surface area contributed by atoms with Crippen LogP contribution >= 0.6 is 11.8 Å². The Morgan fingerprint density at radius 3 is 2.42 bits per heavy atom. The predicted molar refractivity (Wildman–Crippen MR) is 84.2 cm³/mol. The lowest BCUT2D eigenvalue weighted by atomic mass is 10.3. The van der Waals surface area contributed by atoms with E-state index >= 15 is 0 Å². The number of hydrogen-bond donors (Lipinski definition) is 1. The minimum Gasteiger partial charge on any atom is -0.338 e. The average Bonchev–Trinajstić information content (AvgIpc) is 2.55. The van der Waals surface area contributed by atoms with Gasteiger partial charge in [0.05, 0.1) is 0 Å². The summed E-state index contributed by atoms with van der Waals surface area (Å²) >= 11 is 5.88. The number of nitrogens with zero attached hydrogens (tertiary/aromatic N) is 5. The Kier molecular flexibility index (Phi) is 4.72. The number of rotatable bonds is 3. The van der Waals surface area contributed by atoms with Crippen molar-refractivity contribution in [3.63, 3.8) is 0 Å². The fourth-order valence-corrected chi connectivity index (χ4v) is 2.39. The Hall–Kier alpha value is -2.13. The zero-order valence-corrected chi connectivity index (χ0v) is 13.2. The van der Waals surface area contributed by atoms with Gasteiger partial charge in [-0.2, -0.15) is 18.2 Å². The largest absolute Gasteiger partial charge is 0.433 e. The predicted octanol–water partition coefficient (Wildman–Crippen LogP) is 2.91. The number of aromatic nitrogens is 3. The summed E-state index contributed by atoms with van der Waals surface area (Å²) in [5.41, 5.74) is -1.00. The van der Waals surface area contributed by atoms with E-state index in [1.165, 1.54) is 6.20 Å². The van der Waals surface area contributed by atoms with Crippen molar-refractivity contribution in [3.05, 3.63) is 36.2 Å². The normalized spacial score (nSPS) is 16.2. The number of anilines is 3. The topological polar surface area (TPSA) is 57.2 Å². The fraction of sp³-hybridized carbons (Fsp3) is 0.357. The monoisotopic (exact) mass is 358 g/mol. The molecule has 1 aliphatic rings. The lowest BCUT2D eigenvalue weighted by Gasteiger charge is -2.31. The molecule has 0 bridgehead atoms. The van der Waals surface area contributed by atoms with E-state index in [-0.39, 0.29) is 11.8 Å². The highest BCUT2D eigenvalue weighted by Crippen LogP contribution is 2.31. The van der Waals surface area contributed by atoms with Crippen LogP contribution in [-0.2, 0) is 6.18 Å². The first kappa shape index (κ1) is 16.7. The van der Waals surface area contributed by atoms with Gasteiger partial charge in [0, 0.05) is 38.4 Å². The highest BCUT2D eigenvalue weighted by atomic mass is 35.5. The van der Waals surface area contributed by atoms with Gasteiger partial charge >= 0.3 is 6.18 Å². The van der Waals surface area contributed by atoms with Gasteiger partial charge in [0.25, 0.3) is 0 Å². The zero-order valence-electron chi connectivity index (χ0n) is 12.5. The highest BCUT2D eigenvalue weighted by Gasteiger charge is 2.34. The maximum absolute atomic E-state index is 13.1. The summed E-state index contributed by atoms with van der Waals surface area (Å²) < 4.78 is 41.0. The molecule has 0 amide bonds. The molecule has 0 unspecified atom stereocenters. The van der Waals surface area contributed by atoms with Crippen molar-refractivity contribution in [2.24, 2.45) is 0 Å². The quantitative estimate of drug-likeness (QED) is 0.851. The van der Waals surface area contributed by atoms with E-state index in [4.69, 9.17) is 11.8 Å². The van der Waals surface area contributed by atoms with Crippen molar-refractivity contribution in [1.29, 1.82) is 0 Å². The molecule has 0 aromatic carbocycles. The summed E-state index contributed by atoms with van der Waals surface area (Å²) in [5.74, 6) is 0.466. The van der Waals surface area contributed by atoms with Crippen LogP contribution < -0.4 is 10.2 Å². The van der Waals surface area contributed by atoms with E-state index in [1.54, 1.807) is 27.5 Å². The second-order valence-corrected chi connectivity index (χ2v) is 5.65. The maximum atomic E-state index is 13.1. The third-order valence-electron chi connectivity index (χ3n) is 3.43. The van der Waals surface area contributed by atoms with Gasteiger partial charge in [-0.25, -0.2) is 14.4 Å². The van der Waals surface area contributed by atoms with E-state index in [2.05, 4.69) is 20.3 Å². The van der Waals surface area contributed by atoms with E-state index in [1.807, 2.05) is 0 Å². The van der Waals surface area contributed by atoms with Crippen molar-refractivity contribution in [3.8, 4) is 0 Å². The number of halogens is 4. The highest BCUT2D eigenvalue weighted by molar-refractivity contribution is 6.13. The fourth-order valence-electron chi connectivity index (χ4n) is 2.24. The van der Waals surface area contributed by atoms with Crippen LogP contribution in [0.15, 0.2) is 30.5 Å². The van der Waals surface area contributed by atoms with Gasteiger partial charge in [0.15, 0.2) is 5.69 Å². The molecular formula is C14H14ClF3N6. The molecule has 2 aromatic rings. The number of nitrogens with one attached hydrogen (secondary N) is 1. The number of piperazine rings is 1. The Labute approximate surface area is 141 Å². The van der Waals surface area contributed by atoms with Gasteiger partial charge in [0.2, 0.25) is 5.95 Å². The third-order valence-corrected chi connectivity index (χ3v) is 3.77. The van der Waals surface area contributed by atoms with Crippen LogP contribution in [0.1, 0.15) is 5.69 Å². The number of pyridine rings is 1. The summed E-state index contributed by atoms with van der Waals surface area (Å²) in [7, 11) is 0. The van der Waals surface area contributed by atoms with E-state index in [0.29, 0.717) is 32.0 Å². The van der Waals surface area contributed by atoms with Crippen LogP contribution in [0.3, 0.4) is 0 Å². The SMILES string of the molecule is FC(F)(F)c1cc(Nc2ccccn2)nc(N2CCN(Cl)CC2)n1. The minimum absolute atomic E-state index is 0.0213. The molecule has 0 aliphatic carbocycles. The molecule has 0 saturated carbocycles. The molecule has 3 heterocycles. The van der Waals surface area contributed by atoms with Crippen LogP contribution in [0, 0.1) is 0 Å². The number of hydrogen-bond acceptors (Lipinski definition) is 6.